The lowest BCUT2D eigenvalue weighted by atomic mass is 10.2. The second-order valence-corrected chi connectivity index (χ2v) is 3.18. The Kier molecular flexibility index (Phi) is 3.32. The molecule has 1 aromatic rings. The lowest BCUT2D eigenvalue weighted by Gasteiger charge is -2.11. The predicted octanol–water partition coefficient (Wildman–Crippen LogP) is 3.47. The summed E-state index contributed by atoms with van der Waals surface area (Å²) in [6.07, 6.45) is 1.69. The second kappa shape index (κ2) is 4.28. The quantitative estimate of drug-likeness (QED) is 0.736. The van der Waals surface area contributed by atoms with Crippen molar-refractivity contribution in [3.63, 3.8) is 0 Å². The van der Waals surface area contributed by atoms with Crippen LogP contribution in [0.1, 0.15) is 6.92 Å². The van der Waals surface area contributed by atoms with E-state index in [1.165, 1.54) is 6.07 Å². The van der Waals surface area contributed by atoms with Crippen LogP contribution in [0.4, 0.5) is 10.1 Å². The van der Waals surface area contributed by atoms with Crippen molar-refractivity contribution >= 4 is 17.3 Å². The average Bonchev–Trinajstić information content (AvgIpc) is 2.13. The smallest absolute Gasteiger partial charge is 0.164 e. The lowest BCUT2D eigenvalue weighted by molar-refractivity contribution is 0.629. The topological polar surface area (TPSA) is 12.0 Å². The van der Waals surface area contributed by atoms with Crippen LogP contribution in [0.15, 0.2) is 30.9 Å². The number of halogens is 2. The van der Waals surface area contributed by atoms with Crippen molar-refractivity contribution in [3.8, 4) is 0 Å². The van der Waals surface area contributed by atoms with E-state index in [1.807, 2.05) is 6.92 Å². The van der Waals surface area contributed by atoms with E-state index >= 15 is 0 Å². The fourth-order valence-electron chi connectivity index (χ4n) is 0.919. The molecule has 3 heteroatoms. The van der Waals surface area contributed by atoms with Crippen molar-refractivity contribution in [2.45, 2.75) is 13.0 Å². The normalized spacial score (nSPS) is 12.2. The third kappa shape index (κ3) is 2.46. The minimum absolute atomic E-state index is 0.0213. The van der Waals surface area contributed by atoms with Crippen molar-refractivity contribution in [2.75, 3.05) is 5.32 Å². The SMILES string of the molecule is C=CC(C)Nc1cccc(Cl)c1F. The number of rotatable bonds is 3. The van der Waals surface area contributed by atoms with E-state index in [0.717, 1.165) is 0 Å². The third-order valence-electron chi connectivity index (χ3n) is 1.69. The minimum Gasteiger partial charge on any atom is -0.377 e. The summed E-state index contributed by atoms with van der Waals surface area (Å²) in [5.41, 5.74) is 0.403. The number of hydrogen-bond donors (Lipinski definition) is 1. The van der Waals surface area contributed by atoms with Crippen LogP contribution in [-0.4, -0.2) is 6.04 Å². The molecular formula is C10H11ClFN. The van der Waals surface area contributed by atoms with Gasteiger partial charge < -0.3 is 5.32 Å². The van der Waals surface area contributed by atoms with E-state index in [2.05, 4.69) is 11.9 Å². The van der Waals surface area contributed by atoms with Crippen LogP contribution in [-0.2, 0) is 0 Å². The molecule has 0 radical (unpaired) electrons. The monoisotopic (exact) mass is 199 g/mol. The van der Waals surface area contributed by atoms with Gasteiger partial charge in [0.05, 0.1) is 10.7 Å². The average molecular weight is 200 g/mol. The molecule has 0 amide bonds. The van der Waals surface area contributed by atoms with E-state index < -0.39 is 5.82 Å². The van der Waals surface area contributed by atoms with Gasteiger partial charge in [-0.15, -0.1) is 6.58 Å². The summed E-state index contributed by atoms with van der Waals surface area (Å²) >= 11 is 5.60. The van der Waals surface area contributed by atoms with Crippen LogP contribution in [0, 0.1) is 5.82 Å². The third-order valence-corrected chi connectivity index (χ3v) is 1.98. The van der Waals surface area contributed by atoms with E-state index in [1.54, 1.807) is 18.2 Å². The first-order valence-electron chi connectivity index (χ1n) is 3.98. The molecular weight excluding hydrogens is 189 g/mol. The maximum Gasteiger partial charge on any atom is 0.164 e. The van der Waals surface area contributed by atoms with Gasteiger partial charge in [-0.05, 0) is 19.1 Å². The molecule has 70 valence electrons. The molecule has 0 aromatic heterocycles. The van der Waals surface area contributed by atoms with Crippen molar-refractivity contribution in [1.82, 2.24) is 0 Å². The molecule has 0 saturated heterocycles. The van der Waals surface area contributed by atoms with E-state index in [9.17, 15) is 4.39 Å². The molecule has 0 aliphatic rings. The summed E-state index contributed by atoms with van der Waals surface area (Å²) in [4.78, 5) is 0. The summed E-state index contributed by atoms with van der Waals surface area (Å²) < 4.78 is 13.3. The Morgan fingerprint density at radius 3 is 2.92 bits per heavy atom. The molecule has 0 saturated carbocycles. The van der Waals surface area contributed by atoms with Gasteiger partial charge in [0.1, 0.15) is 0 Å². The van der Waals surface area contributed by atoms with Crippen LogP contribution >= 0.6 is 11.6 Å². The fourth-order valence-corrected chi connectivity index (χ4v) is 1.09. The molecule has 0 heterocycles. The Balaban J connectivity index is 2.88. The molecule has 0 aliphatic carbocycles. The minimum atomic E-state index is -0.419. The first kappa shape index (κ1) is 10.1. The summed E-state index contributed by atoms with van der Waals surface area (Å²) in [6.45, 7) is 5.47. The molecule has 0 spiro atoms. The van der Waals surface area contributed by atoms with Gasteiger partial charge in [-0.2, -0.15) is 0 Å². The van der Waals surface area contributed by atoms with Gasteiger partial charge in [-0.3, -0.25) is 0 Å². The van der Waals surface area contributed by atoms with Crippen molar-refractivity contribution in [3.05, 3.63) is 41.7 Å². The Labute approximate surface area is 82.2 Å². The van der Waals surface area contributed by atoms with Gasteiger partial charge >= 0.3 is 0 Å². The van der Waals surface area contributed by atoms with Crippen LogP contribution in [0.3, 0.4) is 0 Å². The lowest BCUT2D eigenvalue weighted by Crippen LogP contribution is -2.12. The summed E-state index contributed by atoms with van der Waals surface area (Å²) in [5, 5.41) is 3.05. The van der Waals surface area contributed by atoms with Gasteiger partial charge in [0.25, 0.3) is 0 Å². The molecule has 1 atom stereocenters. The standard InChI is InChI=1S/C10H11ClFN/c1-3-7(2)13-9-6-4-5-8(11)10(9)12/h3-7,13H,1H2,2H3. The van der Waals surface area contributed by atoms with E-state index in [0.29, 0.717) is 5.69 Å². The van der Waals surface area contributed by atoms with Crippen LogP contribution in [0.5, 0.6) is 0 Å². The zero-order chi connectivity index (χ0) is 9.84. The Bertz CT molecular complexity index is 312. The molecule has 0 fully saturated rings. The summed E-state index contributed by atoms with van der Waals surface area (Å²) in [6, 6.07) is 4.87. The molecule has 0 bridgehead atoms. The largest absolute Gasteiger partial charge is 0.377 e. The van der Waals surface area contributed by atoms with Crippen molar-refractivity contribution in [1.29, 1.82) is 0 Å². The van der Waals surface area contributed by atoms with Crippen LogP contribution in [0.2, 0.25) is 5.02 Å². The highest BCUT2D eigenvalue weighted by Crippen LogP contribution is 2.22. The zero-order valence-electron chi connectivity index (χ0n) is 7.35. The molecule has 1 unspecified atom stereocenters. The van der Waals surface area contributed by atoms with E-state index in [4.69, 9.17) is 11.6 Å². The predicted molar refractivity (Wildman–Crippen MR) is 54.7 cm³/mol. The number of benzene rings is 1. The van der Waals surface area contributed by atoms with E-state index in [-0.39, 0.29) is 11.1 Å². The van der Waals surface area contributed by atoms with Gasteiger partial charge in [-0.25, -0.2) is 4.39 Å². The highest BCUT2D eigenvalue weighted by Gasteiger charge is 2.06. The maximum absolute atomic E-state index is 13.3. The highest BCUT2D eigenvalue weighted by atomic mass is 35.5. The molecule has 13 heavy (non-hydrogen) atoms. The Hall–Kier alpha value is -1.02. The number of anilines is 1. The van der Waals surface area contributed by atoms with Gasteiger partial charge in [-0.1, -0.05) is 23.7 Å². The van der Waals surface area contributed by atoms with Gasteiger partial charge in [0.15, 0.2) is 5.82 Å². The number of nitrogens with one attached hydrogen (secondary N) is 1. The summed E-state index contributed by atoms with van der Waals surface area (Å²) in [5.74, 6) is -0.419. The molecule has 1 nitrogen and oxygen atoms in total. The van der Waals surface area contributed by atoms with Gasteiger partial charge in [0, 0.05) is 6.04 Å². The Morgan fingerprint density at radius 2 is 2.31 bits per heavy atom. The molecule has 1 N–H and O–H groups in total. The van der Waals surface area contributed by atoms with Crippen molar-refractivity contribution in [2.24, 2.45) is 0 Å². The van der Waals surface area contributed by atoms with Crippen molar-refractivity contribution < 1.29 is 4.39 Å². The maximum atomic E-state index is 13.3. The fraction of sp³-hybridized carbons (Fsp3) is 0.200. The Morgan fingerprint density at radius 1 is 1.62 bits per heavy atom. The molecule has 1 aromatic carbocycles. The van der Waals surface area contributed by atoms with Crippen LogP contribution < -0.4 is 5.32 Å². The number of hydrogen-bond acceptors (Lipinski definition) is 1. The molecule has 0 aliphatic heterocycles. The van der Waals surface area contributed by atoms with Gasteiger partial charge in [0.2, 0.25) is 0 Å². The first-order valence-corrected chi connectivity index (χ1v) is 4.36. The second-order valence-electron chi connectivity index (χ2n) is 2.77. The zero-order valence-corrected chi connectivity index (χ0v) is 8.11. The summed E-state index contributed by atoms with van der Waals surface area (Å²) in [7, 11) is 0. The first-order chi connectivity index (χ1) is 6.15. The highest BCUT2D eigenvalue weighted by molar-refractivity contribution is 6.31. The molecule has 1 rings (SSSR count). The van der Waals surface area contributed by atoms with Crippen LogP contribution in [0.25, 0.3) is 0 Å².